The van der Waals surface area contributed by atoms with Crippen molar-refractivity contribution in [3.8, 4) is 0 Å². The minimum Gasteiger partial charge on any atom is -0.469 e. The Balaban J connectivity index is 0.00000127. The highest BCUT2D eigenvalue weighted by Crippen LogP contribution is 2.34. The van der Waals surface area contributed by atoms with E-state index >= 15 is 0 Å². The summed E-state index contributed by atoms with van der Waals surface area (Å²) >= 11 is 0. The number of esters is 2. The number of fused-ring (bicyclic) bond motifs is 1. The van der Waals surface area contributed by atoms with Crippen molar-refractivity contribution in [3.63, 3.8) is 0 Å². The van der Waals surface area contributed by atoms with Crippen molar-refractivity contribution in [1.29, 1.82) is 0 Å². The maximum atomic E-state index is 13.9. The molecule has 2 rings (SSSR count). The second-order valence-electron chi connectivity index (χ2n) is 4.45. The fourth-order valence-corrected chi connectivity index (χ4v) is 2.26. The third-order valence-electron chi connectivity index (χ3n) is 3.21. The van der Waals surface area contributed by atoms with Crippen LogP contribution in [0.1, 0.15) is 6.92 Å². The average molecular weight is 326 g/mol. The summed E-state index contributed by atoms with van der Waals surface area (Å²) in [6.45, 7) is 1.74. The van der Waals surface area contributed by atoms with Gasteiger partial charge >= 0.3 is 11.9 Å². The molecule has 0 amide bonds. The number of carbonyl (C=O) groups is 3. The van der Waals surface area contributed by atoms with E-state index in [0.717, 1.165) is 12.2 Å². The standard InChI is InChI=1S/C14H14FNO5.CH5N/c1-3-21-14(19)9-6-10(17)11-7(13(18)20-2)4-5-8(15)12(11)16-9;1-2/h4-7,11,16H,3H2,1-2H3;2H2,1H3. The molecular weight excluding hydrogens is 307 g/mol. The summed E-state index contributed by atoms with van der Waals surface area (Å²) in [5.74, 6) is -4.65. The summed E-state index contributed by atoms with van der Waals surface area (Å²) < 4.78 is 23.3. The molecule has 1 heterocycles. The molecule has 23 heavy (non-hydrogen) atoms. The molecule has 0 aromatic carbocycles. The number of methoxy groups -OCH3 is 1. The van der Waals surface area contributed by atoms with Crippen LogP contribution < -0.4 is 11.1 Å². The van der Waals surface area contributed by atoms with Crippen molar-refractivity contribution in [2.75, 3.05) is 20.8 Å². The van der Waals surface area contributed by atoms with Crippen LogP contribution in [0.3, 0.4) is 0 Å². The summed E-state index contributed by atoms with van der Waals surface area (Å²) in [5, 5.41) is 2.54. The molecule has 0 bridgehead atoms. The minimum absolute atomic E-state index is 0.122. The molecule has 0 saturated carbocycles. The highest BCUT2D eigenvalue weighted by Gasteiger charge is 2.42. The smallest absolute Gasteiger partial charge is 0.354 e. The van der Waals surface area contributed by atoms with Crippen LogP contribution in [-0.4, -0.2) is 38.5 Å². The Bertz CT molecular complexity index is 595. The van der Waals surface area contributed by atoms with Crippen LogP contribution in [0.15, 0.2) is 35.4 Å². The largest absolute Gasteiger partial charge is 0.469 e. The SMILES string of the molecule is CCOC(=O)C1=CC(=O)C2C(=C(F)C=CC2C(=O)OC)N1.CN. The Kier molecular flexibility index (Phi) is 6.65. The van der Waals surface area contributed by atoms with Gasteiger partial charge < -0.3 is 20.5 Å². The molecule has 0 saturated heterocycles. The van der Waals surface area contributed by atoms with Gasteiger partial charge in [0.25, 0.3) is 0 Å². The maximum absolute atomic E-state index is 13.9. The molecule has 0 spiro atoms. The molecule has 1 aliphatic carbocycles. The number of nitrogens with one attached hydrogen (secondary N) is 1. The summed E-state index contributed by atoms with van der Waals surface area (Å²) in [6, 6.07) is 0. The number of allylic oxidation sites excluding steroid dienone is 4. The van der Waals surface area contributed by atoms with Gasteiger partial charge in [-0.3, -0.25) is 9.59 Å². The van der Waals surface area contributed by atoms with E-state index in [2.05, 4.69) is 15.8 Å². The highest BCUT2D eigenvalue weighted by molar-refractivity contribution is 6.05. The first-order chi connectivity index (χ1) is 11.0. The van der Waals surface area contributed by atoms with Crippen molar-refractivity contribution in [2.24, 2.45) is 17.6 Å². The van der Waals surface area contributed by atoms with E-state index in [-0.39, 0.29) is 18.0 Å². The molecule has 7 nitrogen and oxygen atoms in total. The molecule has 2 unspecified atom stereocenters. The second-order valence-corrected chi connectivity index (χ2v) is 4.45. The van der Waals surface area contributed by atoms with Crippen LogP contribution in [0.25, 0.3) is 0 Å². The lowest BCUT2D eigenvalue weighted by Crippen LogP contribution is -2.42. The van der Waals surface area contributed by atoms with Crippen LogP contribution in [0, 0.1) is 11.8 Å². The Labute approximate surface area is 133 Å². The lowest BCUT2D eigenvalue weighted by atomic mass is 9.80. The molecule has 3 N–H and O–H groups in total. The first kappa shape index (κ1) is 18.6. The van der Waals surface area contributed by atoms with Gasteiger partial charge in [-0.1, -0.05) is 6.08 Å². The van der Waals surface area contributed by atoms with Gasteiger partial charge in [0.05, 0.1) is 31.2 Å². The maximum Gasteiger partial charge on any atom is 0.354 e. The van der Waals surface area contributed by atoms with E-state index in [4.69, 9.17) is 4.74 Å². The van der Waals surface area contributed by atoms with E-state index in [1.807, 2.05) is 0 Å². The predicted molar refractivity (Wildman–Crippen MR) is 79.2 cm³/mol. The number of hydrogen-bond donors (Lipinski definition) is 2. The van der Waals surface area contributed by atoms with Crippen LogP contribution in [0.5, 0.6) is 0 Å². The van der Waals surface area contributed by atoms with Gasteiger partial charge in [-0.05, 0) is 20.0 Å². The number of nitrogens with two attached hydrogens (primary N) is 1. The van der Waals surface area contributed by atoms with Crippen molar-refractivity contribution >= 4 is 17.7 Å². The number of halogens is 1. The molecule has 2 aliphatic rings. The lowest BCUT2D eigenvalue weighted by Gasteiger charge is -2.30. The number of ether oxygens (including phenoxy) is 2. The number of ketones is 1. The lowest BCUT2D eigenvalue weighted by molar-refractivity contribution is -0.146. The zero-order chi connectivity index (χ0) is 17.6. The monoisotopic (exact) mass is 326 g/mol. The summed E-state index contributed by atoms with van der Waals surface area (Å²) in [5.41, 5.74) is 4.23. The van der Waals surface area contributed by atoms with Crippen LogP contribution in [0.4, 0.5) is 4.39 Å². The highest BCUT2D eigenvalue weighted by atomic mass is 19.1. The molecule has 8 heteroatoms. The van der Waals surface area contributed by atoms with Crippen LogP contribution in [-0.2, 0) is 23.9 Å². The Morgan fingerprint density at radius 2 is 2.04 bits per heavy atom. The molecule has 2 atom stereocenters. The van der Waals surface area contributed by atoms with Gasteiger partial charge in [0.15, 0.2) is 5.78 Å². The van der Waals surface area contributed by atoms with Crippen molar-refractivity contribution in [2.45, 2.75) is 6.92 Å². The van der Waals surface area contributed by atoms with Gasteiger partial charge in [-0.2, -0.15) is 0 Å². The minimum atomic E-state index is -1.05. The fraction of sp³-hybridized carbons (Fsp3) is 0.400. The first-order valence-electron chi connectivity index (χ1n) is 6.92. The molecule has 0 radical (unpaired) electrons. The zero-order valence-electron chi connectivity index (χ0n) is 13.1. The van der Waals surface area contributed by atoms with E-state index in [0.29, 0.717) is 0 Å². The number of carbonyl (C=O) groups excluding carboxylic acids is 3. The second kappa shape index (κ2) is 8.23. The molecule has 0 aromatic heterocycles. The van der Waals surface area contributed by atoms with Gasteiger partial charge in [0, 0.05) is 6.08 Å². The van der Waals surface area contributed by atoms with Crippen LogP contribution in [0.2, 0.25) is 0 Å². The van der Waals surface area contributed by atoms with Gasteiger partial charge in [0.1, 0.15) is 11.5 Å². The Morgan fingerprint density at radius 3 is 2.61 bits per heavy atom. The predicted octanol–water partition coefficient (Wildman–Crippen LogP) is 0.337. The third-order valence-corrected chi connectivity index (χ3v) is 3.21. The van der Waals surface area contributed by atoms with Crippen LogP contribution >= 0.6 is 0 Å². The Morgan fingerprint density at radius 1 is 1.39 bits per heavy atom. The summed E-state index contributed by atoms with van der Waals surface area (Å²) in [4.78, 5) is 35.5. The Hall–Kier alpha value is -2.48. The summed E-state index contributed by atoms with van der Waals surface area (Å²) in [6.07, 6.45) is 3.37. The molecular formula is C15H19FN2O5. The van der Waals surface area contributed by atoms with Gasteiger partial charge in [-0.25, -0.2) is 9.18 Å². The van der Waals surface area contributed by atoms with E-state index < -0.39 is 35.4 Å². The molecule has 126 valence electrons. The van der Waals surface area contributed by atoms with Crippen molar-refractivity contribution < 1.29 is 28.2 Å². The third kappa shape index (κ3) is 3.84. The number of rotatable bonds is 3. The zero-order valence-corrected chi connectivity index (χ0v) is 13.1. The van der Waals surface area contributed by atoms with E-state index in [9.17, 15) is 18.8 Å². The quantitative estimate of drug-likeness (QED) is 0.720. The van der Waals surface area contributed by atoms with Gasteiger partial charge in [0.2, 0.25) is 0 Å². The average Bonchev–Trinajstić information content (AvgIpc) is 2.57. The topological polar surface area (TPSA) is 108 Å². The molecule has 0 fully saturated rings. The molecule has 0 aromatic rings. The van der Waals surface area contributed by atoms with E-state index in [1.54, 1.807) is 6.92 Å². The normalized spacial score (nSPS) is 22.1. The van der Waals surface area contributed by atoms with E-state index in [1.165, 1.54) is 20.2 Å². The first-order valence-corrected chi connectivity index (χ1v) is 6.92. The summed E-state index contributed by atoms with van der Waals surface area (Å²) in [7, 11) is 2.69. The van der Waals surface area contributed by atoms with Crippen molar-refractivity contribution in [3.05, 3.63) is 35.4 Å². The van der Waals surface area contributed by atoms with Gasteiger partial charge in [-0.15, -0.1) is 0 Å². The molecule has 1 aliphatic heterocycles. The van der Waals surface area contributed by atoms with Crippen molar-refractivity contribution in [1.82, 2.24) is 5.32 Å². The fourth-order valence-electron chi connectivity index (χ4n) is 2.26. The number of hydrogen-bond acceptors (Lipinski definition) is 7.